The number of nitrogens with zero attached hydrogens (tertiary/aromatic N) is 2. The zero-order chi connectivity index (χ0) is 14.9. The van der Waals surface area contributed by atoms with Crippen LogP contribution in [0.1, 0.15) is 11.4 Å². The van der Waals surface area contributed by atoms with Crippen molar-refractivity contribution >= 4 is 33.3 Å². The van der Waals surface area contributed by atoms with Crippen LogP contribution in [-0.4, -0.2) is 9.97 Å². The number of rotatable bonds is 3. The number of nitrogen functional groups attached to an aromatic ring is 1. The number of benzene rings is 1. The molecule has 1 aromatic heterocycles. The van der Waals surface area contributed by atoms with Gasteiger partial charge in [-0.05, 0) is 35.8 Å². The van der Waals surface area contributed by atoms with Crippen LogP contribution in [0.3, 0.4) is 0 Å². The van der Waals surface area contributed by atoms with E-state index < -0.39 is 5.82 Å². The molecule has 0 saturated heterocycles. The molecule has 0 aliphatic carbocycles. The van der Waals surface area contributed by atoms with E-state index in [1.807, 2.05) is 0 Å². The molecule has 2 aromatic rings. The zero-order valence-electron chi connectivity index (χ0n) is 10.7. The topological polar surface area (TPSA) is 73.1 Å². The van der Waals surface area contributed by atoms with E-state index in [0.29, 0.717) is 21.7 Å². The molecular formula is C12H11BrClFN4O. The molecule has 0 fully saturated rings. The van der Waals surface area contributed by atoms with E-state index in [-0.39, 0.29) is 16.7 Å². The second-order valence-corrected chi connectivity index (χ2v) is 5.25. The van der Waals surface area contributed by atoms with Gasteiger partial charge in [-0.3, -0.25) is 0 Å². The van der Waals surface area contributed by atoms with Crippen molar-refractivity contribution in [3.05, 3.63) is 38.8 Å². The van der Waals surface area contributed by atoms with E-state index in [0.717, 1.165) is 0 Å². The van der Waals surface area contributed by atoms with E-state index in [1.54, 1.807) is 13.8 Å². The Morgan fingerprint density at radius 3 is 2.70 bits per heavy atom. The summed E-state index contributed by atoms with van der Waals surface area (Å²) in [5.41, 5.74) is 3.07. The van der Waals surface area contributed by atoms with Crippen molar-refractivity contribution in [1.82, 2.24) is 9.97 Å². The van der Waals surface area contributed by atoms with Gasteiger partial charge in [-0.15, -0.1) is 0 Å². The normalized spacial score (nSPS) is 10.5. The standard InChI is InChI=1S/C12H11BrClFN4O/c1-5-11(19-16)17-6(2)18-12(5)20-10-4-9(15)8(14)3-7(10)13/h3-4H,16H2,1-2H3,(H,17,18,19). The molecule has 8 heteroatoms. The predicted octanol–water partition coefficient (Wildman–Crippen LogP) is 3.73. The molecule has 20 heavy (non-hydrogen) atoms. The number of halogens is 3. The second kappa shape index (κ2) is 5.90. The number of hydrogen-bond acceptors (Lipinski definition) is 5. The molecule has 5 nitrogen and oxygen atoms in total. The monoisotopic (exact) mass is 360 g/mol. The Kier molecular flexibility index (Phi) is 4.42. The third-order valence-electron chi connectivity index (χ3n) is 2.53. The van der Waals surface area contributed by atoms with Crippen LogP contribution in [0.5, 0.6) is 11.6 Å². The largest absolute Gasteiger partial charge is 0.437 e. The Labute approximate surface area is 128 Å². The quantitative estimate of drug-likeness (QED) is 0.495. The average Bonchev–Trinajstić information content (AvgIpc) is 2.39. The van der Waals surface area contributed by atoms with Crippen LogP contribution in [-0.2, 0) is 0 Å². The summed E-state index contributed by atoms with van der Waals surface area (Å²) in [6.07, 6.45) is 0. The molecule has 1 heterocycles. The molecule has 0 aliphatic rings. The van der Waals surface area contributed by atoms with Gasteiger partial charge in [0.25, 0.3) is 0 Å². The van der Waals surface area contributed by atoms with Crippen LogP contribution in [0.25, 0.3) is 0 Å². The summed E-state index contributed by atoms with van der Waals surface area (Å²) >= 11 is 8.94. The smallest absolute Gasteiger partial charge is 0.227 e. The maximum Gasteiger partial charge on any atom is 0.227 e. The van der Waals surface area contributed by atoms with Gasteiger partial charge in [0.1, 0.15) is 23.2 Å². The van der Waals surface area contributed by atoms with Crippen molar-refractivity contribution in [1.29, 1.82) is 0 Å². The molecule has 3 N–H and O–H groups in total. The lowest BCUT2D eigenvalue weighted by atomic mass is 10.3. The SMILES string of the molecule is Cc1nc(NN)c(C)c(Oc2cc(F)c(Cl)cc2Br)n1. The lowest BCUT2D eigenvalue weighted by Gasteiger charge is -2.12. The van der Waals surface area contributed by atoms with Crippen molar-refractivity contribution in [2.24, 2.45) is 5.84 Å². The van der Waals surface area contributed by atoms with Crippen LogP contribution in [0.4, 0.5) is 10.2 Å². The summed E-state index contributed by atoms with van der Waals surface area (Å²) in [7, 11) is 0. The van der Waals surface area contributed by atoms with Gasteiger partial charge in [-0.25, -0.2) is 15.2 Å². The fourth-order valence-corrected chi connectivity index (χ4v) is 2.25. The maximum atomic E-state index is 13.5. The molecule has 0 spiro atoms. The van der Waals surface area contributed by atoms with Crippen molar-refractivity contribution in [3.8, 4) is 11.6 Å². The molecule has 0 saturated carbocycles. The highest BCUT2D eigenvalue weighted by Crippen LogP contribution is 2.35. The molecule has 0 atom stereocenters. The summed E-state index contributed by atoms with van der Waals surface area (Å²) in [4.78, 5) is 8.28. The van der Waals surface area contributed by atoms with Gasteiger partial charge in [0.2, 0.25) is 5.88 Å². The number of hydrogen-bond donors (Lipinski definition) is 2. The molecular weight excluding hydrogens is 351 g/mol. The fourth-order valence-electron chi connectivity index (χ4n) is 1.53. The van der Waals surface area contributed by atoms with Crippen molar-refractivity contribution in [2.75, 3.05) is 5.43 Å². The number of aryl methyl sites for hydroxylation is 1. The van der Waals surface area contributed by atoms with E-state index in [4.69, 9.17) is 22.2 Å². The van der Waals surface area contributed by atoms with Crippen LogP contribution < -0.4 is 16.0 Å². The summed E-state index contributed by atoms with van der Waals surface area (Å²) in [6.45, 7) is 3.44. The Bertz CT molecular complexity index is 668. The van der Waals surface area contributed by atoms with Crippen LogP contribution in [0.15, 0.2) is 16.6 Å². The Morgan fingerprint density at radius 2 is 2.05 bits per heavy atom. The highest BCUT2D eigenvalue weighted by molar-refractivity contribution is 9.10. The Hall–Kier alpha value is -1.44. The lowest BCUT2D eigenvalue weighted by Crippen LogP contribution is -2.12. The fraction of sp³-hybridized carbons (Fsp3) is 0.167. The maximum absolute atomic E-state index is 13.5. The molecule has 106 valence electrons. The number of aromatic nitrogens is 2. The summed E-state index contributed by atoms with van der Waals surface area (Å²) in [6, 6.07) is 2.59. The lowest BCUT2D eigenvalue weighted by molar-refractivity contribution is 0.449. The van der Waals surface area contributed by atoms with Gasteiger partial charge in [-0.2, -0.15) is 4.98 Å². The number of nitrogens with one attached hydrogen (secondary N) is 1. The van der Waals surface area contributed by atoms with Crippen molar-refractivity contribution in [3.63, 3.8) is 0 Å². The van der Waals surface area contributed by atoms with Crippen molar-refractivity contribution in [2.45, 2.75) is 13.8 Å². The predicted molar refractivity (Wildman–Crippen MR) is 78.5 cm³/mol. The van der Waals surface area contributed by atoms with Gasteiger partial charge in [0, 0.05) is 6.07 Å². The molecule has 0 radical (unpaired) electrons. The average molecular weight is 362 g/mol. The van der Waals surface area contributed by atoms with Crippen LogP contribution in [0, 0.1) is 19.7 Å². The van der Waals surface area contributed by atoms with Gasteiger partial charge < -0.3 is 10.2 Å². The molecule has 0 aliphatic heterocycles. The van der Waals surface area contributed by atoms with Gasteiger partial charge in [0.15, 0.2) is 0 Å². The second-order valence-electron chi connectivity index (χ2n) is 3.99. The molecule has 1 aromatic carbocycles. The molecule has 0 unspecified atom stereocenters. The number of anilines is 1. The minimum Gasteiger partial charge on any atom is -0.437 e. The minimum atomic E-state index is -0.578. The molecule has 2 rings (SSSR count). The van der Waals surface area contributed by atoms with E-state index in [1.165, 1.54) is 12.1 Å². The summed E-state index contributed by atoms with van der Waals surface area (Å²) in [5.74, 6) is 6.26. The number of ether oxygens (including phenoxy) is 1. The van der Waals surface area contributed by atoms with Gasteiger partial charge >= 0.3 is 0 Å². The Morgan fingerprint density at radius 1 is 1.35 bits per heavy atom. The first-order valence-electron chi connectivity index (χ1n) is 5.56. The van der Waals surface area contributed by atoms with Crippen LogP contribution in [0.2, 0.25) is 5.02 Å². The highest BCUT2D eigenvalue weighted by atomic mass is 79.9. The molecule has 0 amide bonds. The highest BCUT2D eigenvalue weighted by Gasteiger charge is 2.14. The van der Waals surface area contributed by atoms with Gasteiger partial charge in [-0.1, -0.05) is 11.6 Å². The van der Waals surface area contributed by atoms with E-state index >= 15 is 0 Å². The molecule has 0 bridgehead atoms. The third kappa shape index (κ3) is 3.00. The number of hydrazine groups is 1. The first kappa shape index (κ1) is 15.0. The zero-order valence-corrected chi connectivity index (χ0v) is 13.0. The van der Waals surface area contributed by atoms with Crippen LogP contribution >= 0.6 is 27.5 Å². The summed E-state index contributed by atoms with van der Waals surface area (Å²) < 4.78 is 19.6. The van der Waals surface area contributed by atoms with E-state index in [2.05, 4.69) is 31.3 Å². The van der Waals surface area contributed by atoms with Crippen molar-refractivity contribution < 1.29 is 9.13 Å². The third-order valence-corrected chi connectivity index (χ3v) is 3.44. The first-order chi connectivity index (χ1) is 9.42. The number of nitrogens with two attached hydrogens (primary N) is 1. The summed E-state index contributed by atoms with van der Waals surface area (Å²) in [5, 5.41) is 0.00382. The first-order valence-corrected chi connectivity index (χ1v) is 6.73. The van der Waals surface area contributed by atoms with Gasteiger partial charge in [0.05, 0.1) is 15.1 Å². The Balaban J connectivity index is 2.45. The van der Waals surface area contributed by atoms with E-state index in [9.17, 15) is 4.39 Å². The minimum absolute atomic E-state index is 0.00382.